The number of nitrogens with zero attached hydrogens (tertiary/aromatic N) is 8. The van der Waals surface area contributed by atoms with E-state index >= 15 is 0 Å². The minimum Gasteiger partial charge on any atom is -0.389 e. The van der Waals surface area contributed by atoms with Crippen molar-refractivity contribution in [3.63, 3.8) is 0 Å². The maximum absolute atomic E-state index is 13.5. The van der Waals surface area contributed by atoms with Crippen LogP contribution in [-0.2, 0) is 16.0 Å². The second kappa shape index (κ2) is 10.7. The summed E-state index contributed by atoms with van der Waals surface area (Å²) in [6, 6.07) is 8.17. The summed E-state index contributed by atoms with van der Waals surface area (Å²) in [5.74, 6) is 0.332. The summed E-state index contributed by atoms with van der Waals surface area (Å²) in [6.45, 7) is 4.17. The van der Waals surface area contributed by atoms with Crippen molar-refractivity contribution in [3.05, 3.63) is 40.7 Å². The second-order valence-corrected chi connectivity index (χ2v) is 11.7. The number of benzene rings is 1. The number of aliphatic hydroxyl groups is 1. The van der Waals surface area contributed by atoms with E-state index in [1.165, 1.54) is 34.8 Å². The summed E-state index contributed by atoms with van der Waals surface area (Å²) in [5.41, 5.74) is 2.05. The lowest BCUT2D eigenvalue weighted by Crippen LogP contribution is -2.54. The third kappa shape index (κ3) is 4.90. The number of β-amino-alcohol motifs (C(OH)–C–C–N with tert-alkyl or cyclic N) is 1. The number of aliphatic hydroxyl groups excluding tert-OH is 1. The maximum Gasteiger partial charge on any atom is 0.248 e. The van der Waals surface area contributed by atoms with E-state index in [9.17, 15) is 19.6 Å². The van der Waals surface area contributed by atoms with Crippen molar-refractivity contribution >= 4 is 49.6 Å². The number of aryl methyl sites for hydroxylation is 1. The molecule has 2 saturated heterocycles. The Morgan fingerprint density at radius 1 is 1.25 bits per heavy atom. The molecule has 1 amide bonds. The topological polar surface area (TPSA) is 123 Å². The Kier molecular flexibility index (Phi) is 7.13. The van der Waals surface area contributed by atoms with E-state index in [1.807, 2.05) is 23.4 Å². The van der Waals surface area contributed by atoms with Gasteiger partial charge in [-0.1, -0.05) is 29.6 Å². The van der Waals surface area contributed by atoms with Crippen LogP contribution in [0.4, 0.5) is 20.5 Å². The van der Waals surface area contributed by atoms with Crippen LogP contribution in [0.2, 0.25) is 0 Å². The van der Waals surface area contributed by atoms with Gasteiger partial charge in [0.2, 0.25) is 16.0 Å². The van der Waals surface area contributed by atoms with E-state index in [2.05, 4.69) is 11.0 Å². The molecule has 11 nitrogen and oxygen atoms in total. The van der Waals surface area contributed by atoms with Crippen LogP contribution in [0.15, 0.2) is 24.3 Å². The van der Waals surface area contributed by atoms with Gasteiger partial charge in [0.1, 0.15) is 29.1 Å². The molecule has 208 valence electrons. The van der Waals surface area contributed by atoms with E-state index in [4.69, 9.17) is 19.8 Å². The number of halogens is 1. The SMILES string of the molecule is CCc1nc2sc(N3CC[C@@H](OCC(=O)N4CC(O)C4)C3)nn2c1N(C)c1nc(-c2ccc(F)cc2)c(C#N)s1. The number of likely N-dealkylation sites (tertiary alicyclic amines) is 1. The molecule has 14 heteroatoms. The van der Waals surface area contributed by atoms with Gasteiger partial charge < -0.3 is 24.5 Å². The highest BCUT2D eigenvalue weighted by Crippen LogP contribution is 2.38. The zero-order chi connectivity index (χ0) is 28.0. The molecule has 0 aliphatic carbocycles. The molecule has 1 aromatic carbocycles. The number of carbonyl (C=O) groups excluding carboxylic acids is 1. The van der Waals surface area contributed by atoms with Gasteiger partial charge in [0.25, 0.3) is 0 Å². The molecule has 5 heterocycles. The van der Waals surface area contributed by atoms with Crippen LogP contribution in [0, 0.1) is 17.1 Å². The number of fused-ring (bicyclic) bond motifs is 1. The van der Waals surface area contributed by atoms with E-state index in [0.29, 0.717) is 47.3 Å². The average Bonchev–Trinajstić information content (AvgIpc) is 3.72. The number of aromatic nitrogens is 4. The first-order chi connectivity index (χ1) is 19.3. The summed E-state index contributed by atoms with van der Waals surface area (Å²) in [6.07, 6.45) is 0.971. The molecule has 0 unspecified atom stereocenters. The molecular weight excluding hydrogens is 555 g/mol. The van der Waals surface area contributed by atoms with E-state index in [-0.39, 0.29) is 24.4 Å². The van der Waals surface area contributed by atoms with Crippen LogP contribution in [0.5, 0.6) is 0 Å². The Morgan fingerprint density at radius 3 is 2.73 bits per heavy atom. The monoisotopic (exact) mass is 582 g/mol. The van der Waals surface area contributed by atoms with Gasteiger partial charge in [-0.25, -0.2) is 14.4 Å². The van der Waals surface area contributed by atoms with Gasteiger partial charge in [-0.05, 0) is 37.1 Å². The second-order valence-electron chi connectivity index (χ2n) is 9.79. The van der Waals surface area contributed by atoms with Crippen molar-refractivity contribution in [2.45, 2.75) is 32.0 Å². The fourth-order valence-electron chi connectivity index (χ4n) is 4.87. The Bertz CT molecular complexity index is 1590. The lowest BCUT2D eigenvalue weighted by atomic mass is 10.1. The maximum atomic E-state index is 13.5. The summed E-state index contributed by atoms with van der Waals surface area (Å²) in [4.78, 5) is 28.6. The molecule has 4 aromatic rings. The Hall–Kier alpha value is -3.64. The van der Waals surface area contributed by atoms with Crippen LogP contribution >= 0.6 is 22.7 Å². The largest absolute Gasteiger partial charge is 0.389 e. The van der Waals surface area contributed by atoms with Crippen LogP contribution < -0.4 is 9.80 Å². The molecule has 0 bridgehead atoms. The quantitative estimate of drug-likeness (QED) is 0.334. The first kappa shape index (κ1) is 26.6. The van der Waals surface area contributed by atoms with Crippen LogP contribution in [0.1, 0.15) is 23.9 Å². The van der Waals surface area contributed by atoms with Gasteiger partial charge in [0, 0.05) is 38.8 Å². The summed E-state index contributed by atoms with van der Waals surface area (Å²) in [5, 5.41) is 25.5. The number of anilines is 3. The normalized spacial score (nSPS) is 17.4. The number of thiazole rings is 1. The van der Waals surface area contributed by atoms with Crippen LogP contribution in [0.3, 0.4) is 0 Å². The number of amides is 1. The van der Waals surface area contributed by atoms with Crippen molar-refractivity contribution < 1.29 is 19.0 Å². The van der Waals surface area contributed by atoms with Crippen LogP contribution in [0.25, 0.3) is 16.2 Å². The number of nitriles is 1. The molecule has 3 aromatic heterocycles. The van der Waals surface area contributed by atoms with Crippen molar-refractivity contribution in [2.24, 2.45) is 0 Å². The van der Waals surface area contributed by atoms with Gasteiger partial charge in [-0.2, -0.15) is 9.78 Å². The molecule has 6 rings (SSSR count). The third-order valence-corrected chi connectivity index (χ3v) is 9.09. The highest BCUT2D eigenvalue weighted by atomic mass is 32.1. The minimum absolute atomic E-state index is 0.0135. The predicted octanol–water partition coefficient (Wildman–Crippen LogP) is 3.05. The van der Waals surface area contributed by atoms with E-state index in [1.54, 1.807) is 17.0 Å². The highest BCUT2D eigenvalue weighted by molar-refractivity contribution is 7.20. The van der Waals surface area contributed by atoms with Gasteiger partial charge in [-0.15, -0.1) is 5.10 Å². The number of ether oxygens (including phenoxy) is 1. The number of rotatable bonds is 8. The number of hydrogen-bond donors (Lipinski definition) is 1. The number of imidazole rings is 1. The number of carbonyl (C=O) groups is 1. The zero-order valence-corrected chi connectivity index (χ0v) is 23.6. The van der Waals surface area contributed by atoms with Gasteiger partial charge in [0.15, 0.2) is 10.9 Å². The van der Waals surface area contributed by atoms with Crippen molar-refractivity contribution in [1.82, 2.24) is 24.5 Å². The molecule has 1 atom stereocenters. The first-order valence-corrected chi connectivity index (χ1v) is 14.6. The fraction of sp³-hybridized carbons (Fsp3) is 0.423. The predicted molar refractivity (Wildman–Crippen MR) is 150 cm³/mol. The summed E-state index contributed by atoms with van der Waals surface area (Å²) >= 11 is 2.75. The molecular formula is C26H27FN8O3S2. The highest BCUT2D eigenvalue weighted by Gasteiger charge is 2.32. The molecule has 2 aliphatic rings. The molecule has 0 spiro atoms. The smallest absolute Gasteiger partial charge is 0.248 e. The summed E-state index contributed by atoms with van der Waals surface area (Å²) in [7, 11) is 1.88. The zero-order valence-electron chi connectivity index (χ0n) is 21.9. The third-order valence-electron chi connectivity index (χ3n) is 7.09. The number of hydrogen-bond acceptors (Lipinski definition) is 11. The van der Waals surface area contributed by atoms with Gasteiger partial charge in [0.05, 0.1) is 17.9 Å². The molecule has 1 N–H and O–H groups in total. The van der Waals surface area contributed by atoms with Gasteiger partial charge >= 0.3 is 0 Å². The molecule has 2 fully saturated rings. The van der Waals surface area contributed by atoms with Crippen molar-refractivity contribution in [3.8, 4) is 17.3 Å². The molecule has 2 aliphatic heterocycles. The lowest BCUT2D eigenvalue weighted by molar-refractivity contribution is -0.147. The standard InChI is InChI=1S/C26H27FN8O3S2/c1-3-19-23(32(2)24-30-22(20(10-28)39-24)15-4-6-16(27)7-5-15)35-25(29-19)40-26(31-35)33-9-8-18(13-33)38-14-21(37)34-11-17(36)12-34/h4-7,17-18,36H,3,8-9,11-14H2,1-2H3/t18-/m1/s1. The van der Waals surface area contributed by atoms with E-state index in [0.717, 1.165) is 34.6 Å². The average molecular weight is 583 g/mol. The van der Waals surface area contributed by atoms with Crippen LogP contribution in [-0.4, -0.2) is 87.5 Å². The van der Waals surface area contributed by atoms with Crippen molar-refractivity contribution in [1.29, 1.82) is 5.26 Å². The fourth-order valence-corrected chi connectivity index (χ4v) is 6.67. The summed E-state index contributed by atoms with van der Waals surface area (Å²) < 4.78 is 21.1. The Balaban J connectivity index is 1.21. The lowest BCUT2D eigenvalue weighted by Gasteiger charge is -2.35. The molecule has 0 saturated carbocycles. The Morgan fingerprint density at radius 2 is 2.02 bits per heavy atom. The first-order valence-electron chi connectivity index (χ1n) is 13.0. The van der Waals surface area contributed by atoms with Crippen molar-refractivity contribution in [2.75, 3.05) is 49.6 Å². The Labute approximate surface area is 237 Å². The molecule has 40 heavy (non-hydrogen) atoms. The minimum atomic E-state index is -0.423. The molecule has 0 radical (unpaired) electrons. The van der Waals surface area contributed by atoms with E-state index < -0.39 is 6.10 Å². The van der Waals surface area contributed by atoms with Gasteiger partial charge in [-0.3, -0.25) is 4.79 Å².